The predicted molar refractivity (Wildman–Crippen MR) is 128 cm³/mol. The largest absolute Gasteiger partial charge is 0.414 e. The molecule has 0 saturated carbocycles. The Hall–Kier alpha value is -0.476. The van der Waals surface area contributed by atoms with Gasteiger partial charge in [-0.05, 0) is 36.3 Å². The minimum absolute atomic E-state index is 0.00339. The molecule has 0 rings (SSSR count). The Morgan fingerprint density at radius 3 is 1.83 bits per heavy atom. The number of rotatable bonds is 10. The van der Waals surface area contributed by atoms with E-state index < -0.39 is 22.7 Å². The van der Waals surface area contributed by atoms with E-state index in [9.17, 15) is 9.90 Å². The average molecular weight is 446 g/mol. The van der Waals surface area contributed by atoms with E-state index in [4.69, 9.17) is 8.85 Å². The molecule has 2 atom stereocenters. The summed E-state index contributed by atoms with van der Waals surface area (Å²) in [6.45, 7) is 22.7. The van der Waals surface area contributed by atoms with Crippen LogP contribution in [0.15, 0.2) is 12.2 Å². The van der Waals surface area contributed by atoms with E-state index in [1.807, 2.05) is 12.2 Å². The molecule has 0 aromatic heterocycles. The Balaban J connectivity index is 5.13. The first-order valence-corrected chi connectivity index (χ1v) is 16.5. The highest BCUT2D eigenvalue weighted by molar-refractivity contribution is 6.74. The fourth-order valence-corrected chi connectivity index (χ4v) is 4.02. The van der Waals surface area contributed by atoms with Crippen LogP contribution in [0.25, 0.3) is 0 Å². The Morgan fingerprint density at radius 1 is 0.966 bits per heavy atom. The van der Waals surface area contributed by atoms with Gasteiger partial charge in [-0.25, -0.2) is 0 Å². The maximum atomic E-state index is 12.3. The van der Waals surface area contributed by atoms with E-state index in [1.165, 1.54) is 0 Å². The average Bonchev–Trinajstić information content (AvgIpc) is 2.52. The molecule has 0 bridgehead atoms. The lowest BCUT2D eigenvalue weighted by molar-refractivity contribution is -0.130. The molecule has 0 aliphatic heterocycles. The molecule has 0 saturated heterocycles. The van der Waals surface area contributed by atoms with Crippen molar-refractivity contribution in [1.29, 1.82) is 0 Å². The third-order valence-electron chi connectivity index (χ3n) is 6.55. The lowest BCUT2D eigenvalue weighted by atomic mass is 9.97. The van der Waals surface area contributed by atoms with Gasteiger partial charge in [-0.3, -0.25) is 4.79 Å². The van der Waals surface area contributed by atoms with Crippen LogP contribution in [0.5, 0.6) is 0 Å². The van der Waals surface area contributed by atoms with Crippen molar-refractivity contribution >= 4 is 22.5 Å². The van der Waals surface area contributed by atoms with Gasteiger partial charge in [0.15, 0.2) is 16.6 Å². The zero-order valence-electron chi connectivity index (χ0n) is 21.0. The molecular formula is C22H47NO4Si2. The molecule has 0 spiro atoms. The van der Waals surface area contributed by atoms with E-state index in [0.29, 0.717) is 6.61 Å². The first kappa shape index (κ1) is 28.5. The molecule has 0 aliphatic rings. The second-order valence-electron chi connectivity index (χ2n) is 11.3. The van der Waals surface area contributed by atoms with Crippen molar-refractivity contribution in [2.75, 3.05) is 27.3 Å². The highest BCUT2D eigenvalue weighted by Gasteiger charge is 2.38. The van der Waals surface area contributed by atoms with Crippen molar-refractivity contribution in [3.05, 3.63) is 12.2 Å². The van der Waals surface area contributed by atoms with Crippen LogP contribution in [0.2, 0.25) is 36.3 Å². The maximum Gasteiger partial charge on any atom is 0.222 e. The summed E-state index contributed by atoms with van der Waals surface area (Å²) < 4.78 is 12.4. The number of hydrogen-bond donors (Lipinski definition) is 1. The fourth-order valence-electron chi connectivity index (χ4n) is 2.05. The van der Waals surface area contributed by atoms with Crippen LogP contribution in [0.3, 0.4) is 0 Å². The van der Waals surface area contributed by atoms with Gasteiger partial charge in [0.1, 0.15) is 0 Å². The lowest BCUT2D eigenvalue weighted by Crippen LogP contribution is -2.44. The molecular weight excluding hydrogens is 398 g/mol. The van der Waals surface area contributed by atoms with Gasteiger partial charge in [-0.15, -0.1) is 0 Å². The summed E-state index contributed by atoms with van der Waals surface area (Å²) in [7, 11) is -0.304. The Kier molecular flexibility index (Phi) is 10.5. The topological polar surface area (TPSA) is 59.0 Å². The molecule has 5 nitrogen and oxygen atoms in total. The van der Waals surface area contributed by atoms with Gasteiger partial charge in [0.2, 0.25) is 5.91 Å². The van der Waals surface area contributed by atoms with Crippen LogP contribution in [0, 0.1) is 5.92 Å². The molecule has 0 aromatic rings. The number of aliphatic hydroxyl groups is 1. The number of hydrogen-bond acceptors (Lipinski definition) is 4. The SMILES string of the molecule is CN(C)C(=O)C[C@H](/C=C/CO[Si](C)(C)C(C)(C)C)[C@H](O)CO[Si](C)(C)C(C)(C)C. The highest BCUT2D eigenvalue weighted by atomic mass is 28.4. The second kappa shape index (κ2) is 10.7. The molecule has 0 fully saturated rings. The zero-order valence-corrected chi connectivity index (χ0v) is 23.0. The fraction of sp³-hybridized carbons (Fsp3) is 0.864. The van der Waals surface area contributed by atoms with Gasteiger partial charge in [0.05, 0.1) is 19.3 Å². The molecule has 1 amide bonds. The van der Waals surface area contributed by atoms with Crippen molar-refractivity contribution in [1.82, 2.24) is 4.90 Å². The Labute approximate surface area is 182 Å². The van der Waals surface area contributed by atoms with E-state index in [0.717, 1.165) is 0 Å². The number of carbonyl (C=O) groups is 1. The van der Waals surface area contributed by atoms with E-state index in [-0.39, 0.29) is 34.9 Å². The van der Waals surface area contributed by atoms with E-state index in [2.05, 4.69) is 67.7 Å². The van der Waals surface area contributed by atoms with Crippen molar-refractivity contribution in [3.63, 3.8) is 0 Å². The van der Waals surface area contributed by atoms with Gasteiger partial charge < -0.3 is 18.9 Å². The summed E-state index contributed by atoms with van der Waals surface area (Å²) in [4.78, 5) is 13.8. The molecule has 0 heterocycles. The monoisotopic (exact) mass is 445 g/mol. The van der Waals surface area contributed by atoms with Crippen LogP contribution in [-0.2, 0) is 13.6 Å². The minimum atomic E-state index is -1.96. The minimum Gasteiger partial charge on any atom is -0.414 e. The van der Waals surface area contributed by atoms with Crippen molar-refractivity contribution in [3.8, 4) is 0 Å². The Morgan fingerprint density at radius 2 is 1.41 bits per heavy atom. The third-order valence-corrected chi connectivity index (χ3v) is 15.6. The van der Waals surface area contributed by atoms with E-state index in [1.54, 1.807) is 19.0 Å². The summed E-state index contributed by atoms with van der Waals surface area (Å²) in [6.07, 6.45) is 3.40. The second-order valence-corrected chi connectivity index (χ2v) is 20.9. The van der Waals surface area contributed by atoms with Gasteiger partial charge in [0, 0.05) is 26.4 Å². The van der Waals surface area contributed by atoms with Gasteiger partial charge in [-0.1, -0.05) is 53.7 Å². The van der Waals surface area contributed by atoms with Crippen LogP contribution in [-0.4, -0.2) is 66.0 Å². The molecule has 1 N–H and O–H groups in total. The molecule has 172 valence electrons. The van der Waals surface area contributed by atoms with Crippen LogP contribution in [0.4, 0.5) is 0 Å². The molecule has 29 heavy (non-hydrogen) atoms. The number of nitrogens with zero attached hydrogens (tertiary/aromatic N) is 1. The van der Waals surface area contributed by atoms with E-state index >= 15 is 0 Å². The van der Waals surface area contributed by atoms with Crippen molar-refractivity contribution in [2.24, 2.45) is 5.92 Å². The predicted octanol–water partition coefficient (Wildman–Crippen LogP) is 5.04. The van der Waals surface area contributed by atoms with Crippen LogP contribution < -0.4 is 0 Å². The highest BCUT2D eigenvalue weighted by Crippen LogP contribution is 2.37. The van der Waals surface area contributed by atoms with Gasteiger partial charge in [0.25, 0.3) is 0 Å². The maximum absolute atomic E-state index is 12.3. The van der Waals surface area contributed by atoms with Crippen molar-refractivity contribution in [2.45, 2.75) is 90.3 Å². The normalized spacial score (nSPS) is 16.2. The van der Waals surface area contributed by atoms with Crippen LogP contribution >= 0.6 is 0 Å². The zero-order chi connectivity index (χ0) is 23.3. The van der Waals surface area contributed by atoms with Gasteiger partial charge in [-0.2, -0.15) is 0 Å². The molecule has 7 heteroatoms. The Bertz CT molecular complexity index is 546. The molecule has 0 aromatic carbocycles. The first-order chi connectivity index (χ1) is 12.8. The third kappa shape index (κ3) is 9.47. The standard InChI is InChI=1S/C22H47NO4Si2/c1-21(2,3)28(9,10)26-15-13-14-18(16-20(25)23(7)8)19(24)17-27-29(11,12)22(4,5)6/h13-14,18-19,24H,15-17H2,1-12H3/b14-13+/t18-,19+/m0/s1. The number of amides is 1. The lowest BCUT2D eigenvalue weighted by Gasteiger charge is -2.37. The summed E-state index contributed by atoms with van der Waals surface area (Å²) in [5.74, 6) is -0.297. The molecule has 0 aliphatic carbocycles. The quantitative estimate of drug-likeness (QED) is 0.378. The van der Waals surface area contributed by atoms with Crippen molar-refractivity contribution < 1.29 is 18.8 Å². The summed E-state index contributed by atoms with van der Waals surface area (Å²) in [6, 6.07) is 0. The molecule has 0 unspecified atom stereocenters. The summed E-state index contributed by atoms with van der Waals surface area (Å²) in [5.41, 5.74) is 0. The smallest absolute Gasteiger partial charge is 0.222 e. The number of carbonyl (C=O) groups excluding carboxylic acids is 1. The first-order valence-electron chi connectivity index (χ1n) is 10.6. The van der Waals surface area contributed by atoms with Gasteiger partial charge >= 0.3 is 0 Å². The molecule has 0 radical (unpaired) electrons. The van der Waals surface area contributed by atoms with Crippen LogP contribution in [0.1, 0.15) is 48.0 Å². The summed E-state index contributed by atoms with van der Waals surface area (Å²) >= 11 is 0. The number of aliphatic hydroxyl groups excluding tert-OH is 1. The summed E-state index contributed by atoms with van der Waals surface area (Å²) in [5, 5.41) is 11.0.